The number of hydrogen-bond acceptors (Lipinski definition) is 10. The number of ether oxygens (including phenoxy) is 1. The Morgan fingerprint density at radius 2 is 1.72 bits per heavy atom. The van der Waals surface area contributed by atoms with E-state index >= 15 is 0 Å². The van der Waals surface area contributed by atoms with Gasteiger partial charge in [-0.25, -0.2) is 14.8 Å². The summed E-state index contributed by atoms with van der Waals surface area (Å²) in [5.74, 6) is -1.41. The maximum atomic E-state index is 14.0. The van der Waals surface area contributed by atoms with Gasteiger partial charge in [0.2, 0.25) is 0 Å². The first-order chi connectivity index (χ1) is 22.1. The van der Waals surface area contributed by atoms with E-state index in [1.54, 1.807) is 36.9 Å². The topological polar surface area (TPSA) is 170 Å². The van der Waals surface area contributed by atoms with E-state index in [0.717, 1.165) is 0 Å². The lowest BCUT2D eigenvalue weighted by molar-refractivity contribution is -0.125. The Balaban J connectivity index is 1.42. The van der Waals surface area contributed by atoms with Crippen LogP contribution in [0.25, 0.3) is 0 Å². The lowest BCUT2D eigenvalue weighted by Crippen LogP contribution is -2.45. The van der Waals surface area contributed by atoms with Gasteiger partial charge in [0.15, 0.2) is 0 Å². The van der Waals surface area contributed by atoms with Gasteiger partial charge in [0.1, 0.15) is 33.9 Å². The molecule has 232 valence electrons. The molecule has 6 rings (SSSR count). The molecule has 1 aliphatic heterocycles. The average Bonchev–Trinajstić information content (AvgIpc) is 3.84. The fraction of sp³-hybridized carbons (Fsp3) is 0.235. The van der Waals surface area contributed by atoms with Crippen molar-refractivity contribution in [2.24, 2.45) is 5.41 Å². The van der Waals surface area contributed by atoms with Gasteiger partial charge in [0, 0.05) is 11.9 Å². The standard InChI is InChI=1S/C34H31N7O5/c1-33(2)28-23(31(44)46-33)13-14-26(37-28)38-29-27(30(43)39-40-32(45)34(20-35)16-17-34)24(15-18-36-29)41(22-11-7-4-8-12-22)19-25(42)21-9-5-3-6-10-21/h3-15,18,25,42H,16-17,19H2,1-2H3,(H,39,43)(H,40,45)(H,36,37,38)/t25-/m0/s1. The first-order valence-corrected chi connectivity index (χ1v) is 14.7. The first kappa shape index (κ1) is 30.2. The second kappa shape index (κ2) is 11.9. The van der Waals surface area contributed by atoms with Crippen molar-refractivity contribution in [3.63, 3.8) is 0 Å². The summed E-state index contributed by atoms with van der Waals surface area (Å²) in [5, 5.41) is 23.8. The number of fused-ring (bicyclic) bond motifs is 1. The molecule has 0 spiro atoms. The van der Waals surface area contributed by atoms with Crippen molar-refractivity contribution in [2.45, 2.75) is 38.4 Å². The number of carbonyl (C=O) groups excluding carboxylic acids is 3. The number of aliphatic hydroxyl groups is 1. The number of hydrogen-bond donors (Lipinski definition) is 4. The number of esters is 1. The lowest BCUT2D eigenvalue weighted by Gasteiger charge is -2.30. The van der Waals surface area contributed by atoms with Gasteiger partial charge in [0.05, 0.1) is 30.0 Å². The molecule has 1 saturated carbocycles. The van der Waals surface area contributed by atoms with Gasteiger partial charge in [-0.15, -0.1) is 0 Å². The molecule has 0 radical (unpaired) electrons. The van der Waals surface area contributed by atoms with Crippen molar-refractivity contribution in [3.8, 4) is 6.07 Å². The van der Waals surface area contributed by atoms with Crippen LogP contribution in [0.1, 0.15) is 64.8 Å². The summed E-state index contributed by atoms with van der Waals surface area (Å²) < 4.78 is 5.45. The number of nitrogens with zero attached hydrogens (tertiary/aromatic N) is 4. The van der Waals surface area contributed by atoms with E-state index in [-0.39, 0.29) is 17.9 Å². The predicted octanol–water partition coefficient (Wildman–Crippen LogP) is 4.56. The summed E-state index contributed by atoms with van der Waals surface area (Å²) >= 11 is 0. The third-order valence-corrected chi connectivity index (χ3v) is 8.02. The van der Waals surface area contributed by atoms with Gasteiger partial charge in [-0.1, -0.05) is 48.5 Å². The fourth-order valence-corrected chi connectivity index (χ4v) is 5.32. The van der Waals surface area contributed by atoms with Crippen LogP contribution in [-0.4, -0.2) is 39.4 Å². The smallest absolute Gasteiger partial charge is 0.341 e. The molecule has 12 nitrogen and oxygen atoms in total. The minimum atomic E-state index is -1.16. The Hall–Kier alpha value is -5.80. The van der Waals surface area contributed by atoms with Gasteiger partial charge in [-0.05, 0) is 62.6 Å². The third-order valence-electron chi connectivity index (χ3n) is 8.02. The number of anilines is 4. The number of amides is 2. The fourth-order valence-electron chi connectivity index (χ4n) is 5.32. The van der Waals surface area contributed by atoms with Crippen LogP contribution in [0.5, 0.6) is 0 Å². The van der Waals surface area contributed by atoms with Crippen LogP contribution >= 0.6 is 0 Å². The highest BCUT2D eigenvalue weighted by molar-refractivity contribution is 6.06. The van der Waals surface area contributed by atoms with Gasteiger partial charge < -0.3 is 20.1 Å². The van der Waals surface area contributed by atoms with Crippen molar-refractivity contribution >= 4 is 40.8 Å². The molecule has 1 atom stereocenters. The molecule has 2 aromatic carbocycles. The van der Waals surface area contributed by atoms with Crippen LogP contribution in [-0.2, 0) is 15.1 Å². The summed E-state index contributed by atoms with van der Waals surface area (Å²) in [6.07, 6.45) is 1.38. The van der Waals surface area contributed by atoms with Crippen LogP contribution in [0.3, 0.4) is 0 Å². The molecule has 2 amide bonds. The number of pyridine rings is 2. The monoisotopic (exact) mass is 617 g/mol. The number of rotatable bonds is 9. The number of cyclic esters (lactones) is 1. The summed E-state index contributed by atoms with van der Waals surface area (Å²) in [4.78, 5) is 49.9. The second-order valence-electron chi connectivity index (χ2n) is 11.6. The van der Waals surface area contributed by atoms with E-state index in [4.69, 9.17) is 4.74 Å². The van der Waals surface area contributed by atoms with Gasteiger partial charge in [0.25, 0.3) is 11.8 Å². The molecule has 0 bridgehead atoms. The van der Waals surface area contributed by atoms with Crippen molar-refractivity contribution in [1.29, 1.82) is 5.26 Å². The van der Waals surface area contributed by atoms with Gasteiger partial charge in [-0.2, -0.15) is 5.26 Å². The number of para-hydroxylation sites is 1. The van der Waals surface area contributed by atoms with Crippen molar-refractivity contribution in [3.05, 3.63) is 107 Å². The molecule has 3 heterocycles. The minimum Gasteiger partial charge on any atom is -0.449 e. The normalized spacial score (nSPS) is 15.8. The molecule has 2 aromatic heterocycles. The molecule has 12 heteroatoms. The molecule has 4 N–H and O–H groups in total. The zero-order valence-corrected chi connectivity index (χ0v) is 25.2. The summed E-state index contributed by atoms with van der Waals surface area (Å²) in [5.41, 5.74) is 5.26. The maximum absolute atomic E-state index is 14.0. The molecule has 46 heavy (non-hydrogen) atoms. The quantitative estimate of drug-likeness (QED) is 0.154. The van der Waals surface area contributed by atoms with Crippen molar-refractivity contribution < 1.29 is 24.2 Å². The number of aliphatic hydroxyl groups excluding tert-OH is 1. The SMILES string of the molecule is CC1(C)OC(=O)c2ccc(Nc3nccc(N(C[C@H](O)c4ccccc4)c4ccccc4)c3C(=O)NNC(=O)C3(C#N)CC3)nc21. The van der Waals surface area contributed by atoms with E-state index in [0.29, 0.717) is 46.9 Å². The Morgan fingerprint density at radius 3 is 2.39 bits per heavy atom. The Kier molecular flexibility index (Phi) is 7.85. The van der Waals surface area contributed by atoms with Gasteiger partial charge >= 0.3 is 5.97 Å². The number of aromatic nitrogens is 2. The molecule has 1 aliphatic carbocycles. The summed E-state index contributed by atoms with van der Waals surface area (Å²) in [7, 11) is 0. The highest BCUT2D eigenvalue weighted by atomic mass is 16.6. The first-order valence-electron chi connectivity index (χ1n) is 14.7. The van der Waals surface area contributed by atoms with Crippen LogP contribution < -0.4 is 21.1 Å². The third kappa shape index (κ3) is 5.83. The number of benzene rings is 2. The van der Waals surface area contributed by atoms with E-state index in [2.05, 4.69) is 26.1 Å². The molecular formula is C34H31N7O5. The minimum absolute atomic E-state index is 0.0302. The highest BCUT2D eigenvalue weighted by Gasteiger charge is 2.51. The number of hydrazine groups is 1. The highest BCUT2D eigenvalue weighted by Crippen LogP contribution is 2.45. The zero-order chi connectivity index (χ0) is 32.5. The van der Waals surface area contributed by atoms with Crippen molar-refractivity contribution in [1.82, 2.24) is 20.8 Å². The largest absolute Gasteiger partial charge is 0.449 e. The second-order valence-corrected chi connectivity index (χ2v) is 11.6. The zero-order valence-electron chi connectivity index (χ0n) is 25.2. The van der Waals surface area contributed by atoms with Crippen LogP contribution in [0.15, 0.2) is 85.1 Å². The average molecular weight is 618 g/mol. The Bertz CT molecular complexity index is 1850. The molecule has 0 saturated heterocycles. The Labute approximate surface area is 265 Å². The summed E-state index contributed by atoms with van der Waals surface area (Å²) in [6.45, 7) is 3.53. The van der Waals surface area contributed by atoms with E-state index in [1.165, 1.54) is 6.20 Å². The maximum Gasteiger partial charge on any atom is 0.341 e. The molecule has 0 unspecified atom stereocenters. The van der Waals surface area contributed by atoms with E-state index < -0.39 is 34.9 Å². The van der Waals surface area contributed by atoms with Gasteiger partial charge in [-0.3, -0.25) is 20.4 Å². The van der Waals surface area contributed by atoms with Crippen LogP contribution in [0, 0.1) is 16.7 Å². The lowest BCUT2D eigenvalue weighted by atomic mass is 10.0. The number of nitrogens with one attached hydrogen (secondary N) is 3. The predicted molar refractivity (Wildman–Crippen MR) is 168 cm³/mol. The number of nitriles is 1. The molecule has 1 fully saturated rings. The molecular weight excluding hydrogens is 586 g/mol. The summed E-state index contributed by atoms with van der Waals surface area (Å²) in [6, 6.07) is 25.2. The Morgan fingerprint density at radius 1 is 1.02 bits per heavy atom. The van der Waals surface area contributed by atoms with E-state index in [9.17, 15) is 24.8 Å². The van der Waals surface area contributed by atoms with Crippen LogP contribution in [0.2, 0.25) is 0 Å². The van der Waals surface area contributed by atoms with E-state index in [1.807, 2.05) is 66.7 Å². The van der Waals surface area contributed by atoms with Crippen LogP contribution in [0.4, 0.5) is 23.0 Å². The molecule has 4 aromatic rings. The molecule has 2 aliphatic rings. The number of carbonyl (C=O) groups is 3. The van der Waals surface area contributed by atoms with Crippen molar-refractivity contribution in [2.75, 3.05) is 16.8 Å².